The van der Waals surface area contributed by atoms with Crippen LogP contribution in [0.1, 0.15) is 41.7 Å². The van der Waals surface area contributed by atoms with Gasteiger partial charge in [0, 0.05) is 29.9 Å². The number of benzene rings is 2. The largest absolute Gasteiger partial charge is 0.399 e. The summed E-state index contributed by atoms with van der Waals surface area (Å²) in [5.41, 5.74) is 8.67. The van der Waals surface area contributed by atoms with Gasteiger partial charge in [-0.05, 0) is 49.2 Å². The minimum absolute atomic E-state index is 0. The van der Waals surface area contributed by atoms with Crippen LogP contribution >= 0.6 is 12.4 Å². The van der Waals surface area contributed by atoms with Crippen molar-refractivity contribution in [1.82, 2.24) is 5.32 Å². The van der Waals surface area contributed by atoms with Gasteiger partial charge < -0.3 is 16.0 Å². The fourth-order valence-electron chi connectivity index (χ4n) is 2.93. The quantitative estimate of drug-likeness (QED) is 0.822. The molecule has 2 aromatic carbocycles. The van der Waals surface area contributed by atoms with Gasteiger partial charge in [0.25, 0.3) is 5.91 Å². The van der Waals surface area contributed by atoms with Gasteiger partial charge >= 0.3 is 0 Å². The van der Waals surface area contributed by atoms with E-state index in [0.29, 0.717) is 17.7 Å². The van der Waals surface area contributed by atoms with Crippen molar-refractivity contribution in [2.75, 3.05) is 17.2 Å². The Kier molecular flexibility index (Phi) is 6.04. The van der Waals surface area contributed by atoms with E-state index in [4.69, 9.17) is 5.73 Å². The Hall–Kier alpha value is -2.53. The molecule has 1 fully saturated rings. The molecule has 1 aliphatic heterocycles. The van der Waals surface area contributed by atoms with E-state index in [9.17, 15) is 9.59 Å². The summed E-state index contributed by atoms with van der Waals surface area (Å²) in [5.74, 6) is -0.0129. The van der Waals surface area contributed by atoms with Crippen molar-refractivity contribution >= 4 is 35.6 Å². The average molecular weight is 360 g/mol. The number of nitrogens with one attached hydrogen (secondary N) is 1. The summed E-state index contributed by atoms with van der Waals surface area (Å²) in [6.07, 6.45) is 1.50. The molecule has 132 valence electrons. The smallest absolute Gasteiger partial charge is 0.251 e. The lowest BCUT2D eigenvalue weighted by Crippen LogP contribution is -2.27. The van der Waals surface area contributed by atoms with E-state index in [1.807, 2.05) is 31.2 Å². The van der Waals surface area contributed by atoms with Crippen molar-refractivity contribution in [1.29, 1.82) is 0 Å². The van der Waals surface area contributed by atoms with E-state index in [2.05, 4.69) is 5.32 Å². The van der Waals surface area contributed by atoms with E-state index in [1.54, 1.807) is 29.2 Å². The van der Waals surface area contributed by atoms with Crippen LogP contribution < -0.4 is 16.0 Å². The van der Waals surface area contributed by atoms with Crippen LogP contribution in [0, 0.1) is 0 Å². The van der Waals surface area contributed by atoms with Crippen LogP contribution in [0.5, 0.6) is 0 Å². The number of anilines is 2. The highest BCUT2D eigenvalue weighted by molar-refractivity contribution is 5.96. The van der Waals surface area contributed by atoms with Crippen molar-refractivity contribution < 1.29 is 9.59 Å². The standard InChI is InChI=1S/C19H21N3O2.ClH/c1-13(21-19(24)15-6-2-7-16(20)11-15)14-5-3-8-17(12-14)22-10-4-9-18(22)23;/h2-3,5-8,11-13H,4,9-10,20H2,1H3,(H,21,24);1H. The van der Waals surface area contributed by atoms with E-state index in [0.717, 1.165) is 24.2 Å². The van der Waals surface area contributed by atoms with Gasteiger partial charge in [-0.3, -0.25) is 9.59 Å². The van der Waals surface area contributed by atoms with Crippen LogP contribution in [-0.2, 0) is 4.79 Å². The topological polar surface area (TPSA) is 75.4 Å². The molecule has 2 amide bonds. The third-order valence-corrected chi connectivity index (χ3v) is 4.25. The first-order chi connectivity index (χ1) is 11.5. The van der Waals surface area contributed by atoms with Crippen LogP contribution in [0.3, 0.4) is 0 Å². The molecule has 0 saturated carbocycles. The van der Waals surface area contributed by atoms with E-state index in [-0.39, 0.29) is 30.3 Å². The minimum atomic E-state index is -0.170. The molecule has 0 aromatic heterocycles. The van der Waals surface area contributed by atoms with Crippen LogP contribution in [0.4, 0.5) is 11.4 Å². The molecule has 25 heavy (non-hydrogen) atoms. The molecule has 0 bridgehead atoms. The molecule has 0 aliphatic carbocycles. The number of nitrogen functional groups attached to an aromatic ring is 1. The highest BCUT2D eigenvalue weighted by Crippen LogP contribution is 2.25. The molecule has 1 atom stereocenters. The predicted molar refractivity (Wildman–Crippen MR) is 102 cm³/mol. The monoisotopic (exact) mass is 359 g/mol. The average Bonchev–Trinajstić information content (AvgIpc) is 3.01. The van der Waals surface area contributed by atoms with Crippen molar-refractivity contribution in [2.45, 2.75) is 25.8 Å². The summed E-state index contributed by atoms with van der Waals surface area (Å²) >= 11 is 0. The van der Waals surface area contributed by atoms with E-state index in [1.165, 1.54) is 0 Å². The first-order valence-electron chi connectivity index (χ1n) is 8.11. The molecular formula is C19H22ClN3O2. The van der Waals surface area contributed by atoms with Gasteiger partial charge in [-0.25, -0.2) is 0 Å². The maximum atomic E-state index is 12.3. The SMILES string of the molecule is CC(NC(=O)c1cccc(N)c1)c1cccc(N2CCCC2=O)c1.Cl. The molecule has 3 N–H and O–H groups in total. The summed E-state index contributed by atoms with van der Waals surface area (Å²) < 4.78 is 0. The Morgan fingerprint density at radius 2 is 1.96 bits per heavy atom. The fraction of sp³-hybridized carbons (Fsp3) is 0.263. The van der Waals surface area contributed by atoms with Crippen molar-refractivity contribution in [3.8, 4) is 0 Å². The normalized spacial score (nSPS) is 14.8. The van der Waals surface area contributed by atoms with Gasteiger partial charge in [-0.15, -0.1) is 12.4 Å². The first kappa shape index (κ1) is 18.8. The van der Waals surface area contributed by atoms with Crippen molar-refractivity contribution in [2.24, 2.45) is 0 Å². The van der Waals surface area contributed by atoms with Crippen LogP contribution in [0.2, 0.25) is 0 Å². The molecule has 3 rings (SSSR count). The molecule has 1 unspecified atom stereocenters. The van der Waals surface area contributed by atoms with Gasteiger partial charge in [0.05, 0.1) is 6.04 Å². The number of rotatable bonds is 4. The number of amides is 2. The second-order valence-corrected chi connectivity index (χ2v) is 6.06. The third kappa shape index (κ3) is 4.31. The van der Waals surface area contributed by atoms with Gasteiger partial charge in [0.1, 0.15) is 0 Å². The van der Waals surface area contributed by atoms with Gasteiger partial charge in [0.15, 0.2) is 0 Å². The maximum Gasteiger partial charge on any atom is 0.251 e. The summed E-state index contributed by atoms with van der Waals surface area (Å²) in [6.45, 7) is 2.68. The van der Waals surface area contributed by atoms with Crippen LogP contribution in [0.15, 0.2) is 48.5 Å². The molecule has 1 saturated heterocycles. The maximum absolute atomic E-state index is 12.3. The zero-order valence-electron chi connectivity index (χ0n) is 14.1. The van der Waals surface area contributed by atoms with Crippen LogP contribution in [0.25, 0.3) is 0 Å². The lowest BCUT2D eigenvalue weighted by molar-refractivity contribution is -0.117. The first-order valence-corrected chi connectivity index (χ1v) is 8.11. The van der Waals surface area contributed by atoms with Gasteiger partial charge in [-0.1, -0.05) is 18.2 Å². The Morgan fingerprint density at radius 1 is 1.20 bits per heavy atom. The predicted octanol–water partition coefficient (Wildman–Crippen LogP) is 3.31. The number of hydrogen-bond acceptors (Lipinski definition) is 3. The molecular weight excluding hydrogens is 338 g/mol. The highest BCUT2D eigenvalue weighted by Gasteiger charge is 2.22. The molecule has 6 heteroatoms. The zero-order chi connectivity index (χ0) is 17.1. The third-order valence-electron chi connectivity index (χ3n) is 4.25. The number of carbonyl (C=O) groups excluding carboxylic acids is 2. The summed E-state index contributed by atoms with van der Waals surface area (Å²) in [4.78, 5) is 26.0. The van der Waals surface area contributed by atoms with E-state index < -0.39 is 0 Å². The Bertz CT molecular complexity index is 779. The highest BCUT2D eigenvalue weighted by atomic mass is 35.5. The molecule has 2 aromatic rings. The Morgan fingerprint density at radius 3 is 2.64 bits per heavy atom. The number of nitrogens with zero attached hydrogens (tertiary/aromatic N) is 1. The molecule has 0 spiro atoms. The lowest BCUT2D eigenvalue weighted by atomic mass is 10.1. The van der Waals surface area contributed by atoms with E-state index >= 15 is 0 Å². The van der Waals surface area contributed by atoms with Crippen molar-refractivity contribution in [3.63, 3.8) is 0 Å². The number of halogens is 1. The molecule has 1 aliphatic rings. The summed E-state index contributed by atoms with van der Waals surface area (Å²) in [7, 11) is 0. The zero-order valence-corrected chi connectivity index (χ0v) is 14.9. The number of hydrogen-bond donors (Lipinski definition) is 2. The summed E-state index contributed by atoms with van der Waals surface area (Å²) in [6, 6.07) is 14.5. The van der Waals surface area contributed by atoms with Crippen LogP contribution in [-0.4, -0.2) is 18.4 Å². The number of nitrogens with two attached hydrogens (primary N) is 1. The number of carbonyl (C=O) groups is 2. The van der Waals surface area contributed by atoms with Crippen molar-refractivity contribution in [3.05, 3.63) is 59.7 Å². The minimum Gasteiger partial charge on any atom is -0.399 e. The molecule has 5 nitrogen and oxygen atoms in total. The Balaban J connectivity index is 0.00000225. The van der Waals surface area contributed by atoms with Gasteiger partial charge in [0.2, 0.25) is 5.91 Å². The molecule has 1 heterocycles. The lowest BCUT2D eigenvalue weighted by Gasteiger charge is -2.19. The second-order valence-electron chi connectivity index (χ2n) is 6.06. The molecule has 0 radical (unpaired) electrons. The Labute approximate surface area is 153 Å². The fourth-order valence-corrected chi connectivity index (χ4v) is 2.93. The summed E-state index contributed by atoms with van der Waals surface area (Å²) in [5, 5.41) is 2.97. The second kappa shape index (κ2) is 8.03. The van der Waals surface area contributed by atoms with Gasteiger partial charge in [-0.2, -0.15) is 0 Å².